The van der Waals surface area contributed by atoms with Gasteiger partial charge in [-0.25, -0.2) is 4.98 Å². The second-order valence-corrected chi connectivity index (χ2v) is 4.44. The van der Waals surface area contributed by atoms with E-state index in [1.807, 2.05) is 22.4 Å². The summed E-state index contributed by atoms with van der Waals surface area (Å²) in [6, 6.07) is 0. The van der Waals surface area contributed by atoms with E-state index < -0.39 is 0 Å². The van der Waals surface area contributed by atoms with E-state index in [0.717, 1.165) is 38.3 Å². The van der Waals surface area contributed by atoms with Crippen molar-refractivity contribution in [1.29, 1.82) is 0 Å². The van der Waals surface area contributed by atoms with Crippen LogP contribution in [0, 0.1) is 6.92 Å². The predicted molar refractivity (Wildman–Crippen MR) is 73.5 cm³/mol. The Morgan fingerprint density at radius 1 is 1.42 bits per heavy atom. The molecule has 0 amide bonds. The standard InChI is InChI=1S/C13H20N6/c1-3-6-18-9-13(12(2)17-18)8-14-5-4-7-19-11-15-10-16-19/h3,9-11,14H,1,4-8H2,2H3. The zero-order valence-corrected chi connectivity index (χ0v) is 11.3. The molecule has 0 atom stereocenters. The van der Waals surface area contributed by atoms with Crippen LogP contribution in [-0.2, 0) is 19.6 Å². The lowest BCUT2D eigenvalue weighted by Crippen LogP contribution is -2.16. The van der Waals surface area contributed by atoms with Gasteiger partial charge in [0.25, 0.3) is 0 Å². The zero-order chi connectivity index (χ0) is 13.5. The maximum absolute atomic E-state index is 4.42. The molecule has 0 aliphatic heterocycles. The van der Waals surface area contributed by atoms with Crippen molar-refractivity contribution in [3.8, 4) is 0 Å². The van der Waals surface area contributed by atoms with Gasteiger partial charge in [0.15, 0.2) is 0 Å². The van der Waals surface area contributed by atoms with Crippen molar-refractivity contribution < 1.29 is 0 Å². The monoisotopic (exact) mass is 260 g/mol. The third-order valence-electron chi connectivity index (χ3n) is 2.89. The minimum absolute atomic E-state index is 0.757. The van der Waals surface area contributed by atoms with Crippen LogP contribution in [-0.4, -0.2) is 31.1 Å². The van der Waals surface area contributed by atoms with Crippen LogP contribution in [0.3, 0.4) is 0 Å². The van der Waals surface area contributed by atoms with Crippen LogP contribution in [0.2, 0.25) is 0 Å². The van der Waals surface area contributed by atoms with Crippen molar-refractivity contribution in [2.24, 2.45) is 0 Å². The Hall–Kier alpha value is -1.95. The first-order chi connectivity index (χ1) is 9.29. The highest BCUT2D eigenvalue weighted by atomic mass is 15.3. The van der Waals surface area contributed by atoms with Crippen LogP contribution in [0.25, 0.3) is 0 Å². The van der Waals surface area contributed by atoms with Gasteiger partial charge in [-0.2, -0.15) is 10.2 Å². The molecule has 0 aliphatic rings. The minimum atomic E-state index is 0.757. The average Bonchev–Trinajstić information content (AvgIpc) is 3.00. The van der Waals surface area contributed by atoms with Crippen molar-refractivity contribution in [3.63, 3.8) is 0 Å². The lowest BCUT2D eigenvalue weighted by molar-refractivity contribution is 0.542. The molecule has 0 unspecified atom stereocenters. The Morgan fingerprint density at radius 2 is 2.32 bits per heavy atom. The van der Waals surface area contributed by atoms with Gasteiger partial charge < -0.3 is 5.32 Å². The summed E-state index contributed by atoms with van der Waals surface area (Å²) in [7, 11) is 0. The zero-order valence-electron chi connectivity index (χ0n) is 11.3. The number of nitrogens with zero attached hydrogens (tertiary/aromatic N) is 5. The second kappa shape index (κ2) is 6.84. The molecule has 1 N–H and O–H groups in total. The Balaban J connectivity index is 1.69. The molecule has 102 valence electrons. The Bertz CT molecular complexity index is 499. The number of rotatable bonds is 8. The molecule has 0 saturated carbocycles. The smallest absolute Gasteiger partial charge is 0.137 e. The van der Waals surface area contributed by atoms with E-state index in [-0.39, 0.29) is 0 Å². The SMILES string of the molecule is C=CCn1cc(CNCCCn2cncn2)c(C)n1. The number of hydrogen-bond acceptors (Lipinski definition) is 4. The van der Waals surface area contributed by atoms with E-state index in [2.05, 4.69) is 33.3 Å². The van der Waals surface area contributed by atoms with Crippen molar-refractivity contribution in [1.82, 2.24) is 29.9 Å². The maximum Gasteiger partial charge on any atom is 0.137 e. The molecule has 6 nitrogen and oxygen atoms in total. The highest BCUT2D eigenvalue weighted by molar-refractivity contribution is 5.15. The summed E-state index contributed by atoms with van der Waals surface area (Å²) in [6.45, 7) is 9.20. The molecule has 0 saturated heterocycles. The molecule has 2 aromatic rings. The van der Waals surface area contributed by atoms with Gasteiger partial charge in [-0.05, 0) is 19.9 Å². The second-order valence-electron chi connectivity index (χ2n) is 4.44. The third-order valence-corrected chi connectivity index (χ3v) is 2.89. The van der Waals surface area contributed by atoms with Gasteiger partial charge in [-0.3, -0.25) is 9.36 Å². The van der Waals surface area contributed by atoms with Crippen molar-refractivity contribution in [2.45, 2.75) is 33.0 Å². The van der Waals surface area contributed by atoms with E-state index in [1.165, 1.54) is 5.56 Å². The highest BCUT2D eigenvalue weighted by Gasteiger charge is 2.03. The van der Waals surface area contributed by atoms with Crippen LogP contribution < -0.4 is 5.32 Å². The topological polar surface area (TPSA) is 60.6 Å². The normalized spacial score (nSPS) is 10.8. The van der Waals surface area contributed by atoms with Crippen LogP contribution in [0.4, 0.5) is 0 Å². The quantitative estimate of drug-likeness (QED) is 0.571. The molecule has 0 spiro atoms. The predicted octanol–water partition coefficient (Wildman–Crippen LogP) is 1.15. The summed E-state index contributed by atoms with van der Waals surface area (Å²) in [4.78, 5) is 3.91. The van der Waals surface area contributed by atoms with Gasteiger partial charge in [-0.1, -0.05) is 6.08 Å². The van der Waals surface area contributed by atoms with Crippen LogP contribution >= 0.6 is 0 Å². The van der Waals surface area contributed by atoms with E-state index in [1.54, 1.807) is 12.7 Å². The van der Waals surface area contributed by atoms with Gasteiger partial charge in [0.1, 0.15) is 12.7 Å². The Kier molecular flexibility index (Phi) is 4.85. The summed E-state index contributed by atoms with van der Waals surface area (Å²) in [5, 5.41) is 11.9. The fraction of sp³-hybridized carbons (Fsp3) is 0.462. The molecular weight excluding hydrogens is 240 g/mol. The number of nitrogens with one attached hydrogen (secondary N) is 1. The first-order valence-corrected chi connectivity index (χ1v) is 6.46. The number of hydrogen-bond donors (Lipinski definition) is 1. The highest BCUT2D eigenvalue weighted by Crippen LogP contribution is 2.05. The molecule has 2 rings (SSSR count). The van der Waals surface area contributed by atoms with E-state index >= 15 is 0 Å². The van der Waals surface area contributed by atoms with Gasteiger partial charge in [-0.15, -0.1) is 6.58 Å². The summed E-state index contributed by atoms with van der Waals surface area (Å²) in [5.74, 6) is 0. The summed E-state index contributed by atoms with van der Waals surface area (Å²) >= 11 is 0. The van der Waals surface area contributed by atoms with E-state index in [9.17, 15) is 0 Å². The number of allylic oxidation sites excluding steroid dienone is 1. The molecule has 0 bridgehead atoms. The molecule has 0 aliphatic carbocycles. The number of aryl methyl sites for hydroxylation is 2. The van der Waals surface area contributed by atoms with Crippen molar-refractivity contribution in [2.75, 3.05) is 6.54 Å². The van der Waals surface area contributed by atoms with Crippen LogP contribution in [0.1, 0.15) is 17.7 Å². The fourth-order valence-corrected chi connectivity index (χ4v) is 1.90. The first-order valence-electron chi connectivity index (χ1n) is 6.46. The van der Waals surface area contributed by atoms with E-state index in [0.29, 0.717) is 0 Å². The molecule has 0 aromatic carbocycles. The first kappa shape index (κ1) is 13.5. The average molecular weight is 260 g/mol. The van der Waals surface area contributed by atoms with Gasteiger partial charge in [0, 0.05) is 24.8 Å². The van der Waals surface area contributed by atoms with Gasteiger partial charge in [0.2, 0.25) is 0 Å². The molecule has 2 heterocycles. The summed E-state index contributed by atoms with van der Waals surface area (Å²) in [5.41, 5.74) is 2.31. The van der Waals surface area contributed by atoms with E-state index in [4.69, 9.17) is 0 Å². The van der Waals surface area contributed by atoms with Crippen molar-refractivity contribution in [3.05, 3.63) is 42.8 Å². The molecular formula is C13H20N6. The maximum atomic E-state index is 4.42. The van der Waals surface area contributed by atoms with Crippen molar-refractivity contribution >= 4 is 0 Å². The third kappa shape index (κ3) is 4.03. The molecule has 6 heteroatoms. The van der Waals surface area contributed by atoms with Crippen LogP contribution in [0.15, 0.2) is 31.5 Å². The fourth-order valence-electron chi connectivity index (χ4n) is 1.90. The summed E-state index contributed by atoms with van der Waals surface area (Å²) in [6.07, 6.45) is 8.25. The molecule has 0 radical (unpaired) electrons. The molecule has 2 aromatic heterocycles. The lowest BCUT2D eigenvalue weighted by atomic mass is 10.2. The van der Waals surface area contributed by atoms with Gasteiger partial charge >= 0.3 is 0 Å². The summed E-state index contributed by atoms with van der Waals surface area (Å²) < 4.78 is 3.75. The minimum Gasteiger partial charge on any atom is -0.312 e. The number of aromatic nitrogens is 5. The lowest BCUT2D eigenvalue weighted by Gasteiger charge is -2.03. The Morgan fingerprint density at radius 3 is 3.05 bits per heavy atom. The Labute approximate surface area is 113 Å². The molecule has 0 fully saturated rings. The molecule has 19 heavy (non-hydrogen) atoms. The largest absolute Gasteiger partial charge is 0.312 e. The van der Waals surface area contributed by atoms with Crippen LogP contribution in [0.5, 0.6) is 0 Å². The van der Waals surface area contributed by atoms with Gasteiger partial charge in [0.05, 0.1) is 12.2 Å².